The minimum Gasteiger partial charge on any atom is -0.481 e. The van der Waals surface area contributed by atoms with Crippen molar-refractivity contribution in [2.24, 2.45) is 0 Å². The highest BCUT2D eigenvalue weighted by Crippen LogP contribution is 2.21. The van der Waals surface area contributed by atoms with Crippen molar-refractivity contribution in [2.45, 2.75) is 52.3 Å². The van der Waals surface area contributed by atoms with E-state index in [0.717, 1.165) is 11.1 Å². The van der Waals surface area contributed by atoms with Crippen molar-refractivity contribution in [1.29, 1.82) is 0 Å². The van der Waals surface area contributed by atoms with Gasteiger partial charge in [0, 0.05) is 6.54 Å². The molecule has 5 heteroatoms. The van der Waals surface area contributed by atoms with Gasteiger partial charge in [-0.05, 0) is 43.0 Å². The summed E-state index contributed by atoms with van der Waals surface area (Å²) in [5, 5.41) is 5.52. The van der Waals surface area contributed by atoms with Crippen LogP contribution in [0.1, 0.15) is 44.7 Å². The van der Waals surface area contributed by atoms with Crippen molar-refractivity contribution in [3.8, 4) is 5.75 Å². The fourth-order valence-corrected chi connectivity index (χ4v) is 2.54. The molecule has 0 radical (unpaired) electrons. The maximum absolute atomic E-state index is 12.3. The first-order valence-electron chi connectivity index (χ1n) is 9.25. The summed E-state index contributed by atoms with van der Waals surface area (Å²) in [5.41, 5.74) is 2.15. The highest BCUT2D eigenvalue weighted by Gasteiger charge is 2.21. The summed E-state index contributed by atoms with van der Waals surface area (Å²) in [7, 11) is 0. The standard InChI is InChI=1S/C22H28N2O3/c1-15(2)19-11-8-12-20(13-19)27-17(4)22(26)24-16(3)21(25)23-14-18-9-6-5-7-10-18/h5-13,15-17H,14H2,1-4H3,(H,23,25)(H,24,26). The Balaban J connectivity index is 1.84. The molecule has 0 saturated carbocycles. The highest BCUT2D eigenvalue weighted by atomic mass is 16.5. The second-order valence-corrected chi connectivity index (χ2v) is 6.92. The van der Waals surface area contributed by atoms with Gasteiger partial charge in [0.1, 0.15) is 11.8 Å². The number of nitrogens with one attached hydrogen (secondary N) is 2. The van der Waals surface area contributed by atoms with Crippen LogP contribution >= 0.6 is 0 Å². The number of hydrogen-bond acceptors (Lipinski definition) is 3. The normalized spacial score (nSPS) is 12.9. The third-order valence-corrected chi connectivity index (χ3v) is 4.27. The number of benzene rings is 2. The Hall–Kier alpha value is -2.82. The summed E-state index contributed by atoms with van der Waals surface area (Å²) in [4.78, 5) is 24.5. The van der Waals surface area contributed by atoms with E-state index in [1.807, 2.05) is 54.6 Å². The molecule has 5 nitrogen and oxygen atoms in total. The first-order valence-corrected chi connectivity index (χ1v) is 9.25. The summed E-state index contributed by atoms with van der Waals surface area (Å²) in [6.45, 7) is 7.96. The fourth-order valence-electron chi connectivity index (χ4n) is 2.54. The van der Waals surface area contributed by atoms with Crippen molar-refractivity contribution in [3.63, 3.8) is 0 Å². The minimum atomic E-state index is -0.697. The van der Waals surface area contributed by atoms with E-state index in [0.29, 0.717) is 18.2 Å². The molecule has 0 aromatic heterocycles. The first-order chi connectivity index (χ1) is 12.9. The topological polar surface area (TPSA) is 67.4 Å². The average molecular weight is 368 g/mol. The lowest BCUT2D eigenvalue weighted by Gasteiger charge is -2.19. The van der Waals surface area contributed by atoms with E-state index < -0.39 is 12.1 Å². The number of hydrogen-bond donors (Lipinski definition) is 2. The minimum absolute atomic E-state index is 0.235. The monoisotopic (exact) mass is 368 g/mol. The largest absolute Gasteiger partial charge is 0.481 e. The summed E-state index contributed by atoms with van der Waals surface area (Å²) < 4.78 is 5.73. The molecule has 2 rings (SSSR count). The molecular weight excluding hydrogens is 340 g/mol. The lowest BCUT2D eigenvalue weighted by molar-refractivity contribution is -0.132. The fraction of sp³-hybridized carbons (Fsp3) is 0.364. The van der Waals surface area contributed by atoms with Gasteiger partial charge in [-0.25, -0.2) is 0 Å². The van der Waals surface area contributed by atoms with Crippen LogP contribution in [0.3, 0.4) is 0 Å². The van der Waals surface area contributed by atoms with Crippen LogP contribution in [0.25, 0.3) is 0 Å². The van der Waals surface area contributed by atoms with Gasteiger partial charge in [0.25, 0.3) is 5.91 Å². The number of carbonyl (C=O) groups excluding carboxylic acids is 2. The van der Waals surface area contributed by atoms with Gasteiger partial charge in [0.2, 0.25) is 5.91 Å². The predicted molar refractivity (Wildman–Crippen MR) is 107 cm³/mol. The molecule has 0 aliphatic carbocycles. The maximum atomic E-state index is 12.3. The Bertz CT molecular complexity index is 759. The van der Waals surface area contributed by atoms with E-state index in [2.05, 4.69) is 24.5 Å². The third kappa shape index (κ3) is 6.44. The Morgan fingerprint density at radius 3 is 2.30 bits per heavy atom. The van der Waals surface area contributed by atoms with Gasteiger partial charge in [-0.3, -0.25) is 9.59 Å². The molecule has 2 unspecified atom stereocenters. The Labute approximate surface area is 161 Å². The van der Waals surface area contributed by atoms with Gasteiger partial charge in [0.05, 0.1) is 0 Å². The Kier molecular flexibility index (Phi) is 7.41. The molecule has 144 valence electrons. The molecule has 0 bridgehead atoms. The van der Waals surface area contributed by atoms with Crippen molar-refractivity contribution in [3.05, 3.63) is 65.7 Å². The van der Waals surface area contributed by atoms with Crippen LogP contribution < -0.4 is 15.4 Å². The van der Waals surface area contributed by atoms with Gasteiger partial charge >= 0.3 is 0 Å². The molecule has 0 aliphatic rings. The quantitative estimate of drug-likeness (QED) is 0.750. The van der Waals surface area contributed by atoms with Crippen molar-refractivity contribution < 1.29 is 14.3 Å². The Morgan fingerprint density at radius 1 is 0.926 bits per heavy atom. The molecule has 2 N–H and O–H groups in total. The molecule has 0 fully saturated rings. The van der Waals surface area contributed by atoms with Gasteiger partial charge in [-0.1, -0.05) is 56.3 Å². The van der Waals surface area contributed by atoms with Gasteiger partial charge in [-0.15, -0.1) is 0 Å². The molecule has 2 atom stereocenters. The van der Waals surface area contributed by atoms with Crippen molar-refractivity contribution in [1.82, 2.24) is 10.6 Å². The summed E-state index contributed by atoms with van der Waals surface area (Å²) >= 11 is 0. The van der Waals surface area contributed by atoms with E-state index in [1.54, 1.807) is 13.8 Å². The maximum Gasteiger partial charge on any atom is 0.261 e. The smallest absolute Gasteiger partial charge is 0.261 e. The molecule has 27 heavy (non-hydrogen) atoms. The van der Waals surface area contributed by atoms with Crippen LogP contribution in [0.5, 0.6) is 5.75 Å². The second-order valence-electron chi connectivity index (χ2n) is 6.92. The lowest BCUT2D eigenvalue weighted by atomic mass is 10.0. The number of amides is 2. The molecule has 0 saturated heterocycles. The van der Waals surface area contributed by atoms with Crippen molar-refractivity contribution >= 4 is 11.8 Å². The van der Waals surface area contributed by atoms with E-state index in [1.165, 1.54) is 0 Å². The van der Waals surface area contributed by atoms with Gasteiger partial charge in [0.15, 0.2) is 6.10 Å². The van der Waals surface area contributed by atoms with E-state index >= 15 is 0 Å². The SMILES string of the molecule is CC(NC(=O)C(C)Oc1cccc(C(C)C)c1)C(=O)NCc1ccccc1. The van der Waals surface area contributed by atoms with Crippen LogP contribution in [-0.2, 0) is 16.1 Å². The van der Waals surface area contributed by atoms with Crippen LogP contribution in [0.15, 0.2) is 54.6 Å². The number of carbonyl (C=O) groups is 2. The molecule has 2 aromatic carbocycles. The summed E-state index contributed by atoms with van der Waals surface area (Å²) in [6, 6.07) is 16.7. The van der Waals surface area contributed by atoms with E-state index in [-0.39, 0.29) is 11.8 Å². The highest BCUT2D eigenvalue weighted by molar-refractivity contribution is 5.89. The second kappa shape index (κ2) is 9.76. The molecule has 0 aliphatic heterocycles. The van der Waals surface area contributed by atoms with Gasteiger partial charge in [-0.2, -0.15) is 0 Å². The average Bonchev–Trinajstić information content (AvgIpc) is 2.66. The van der Waals surface area contributed by atoms with Crippen LogP contribution in [-0.4, -0.2) is 24.0 Å². The third-order valence-electron chi connectivity index (χ3n) is 4.27. The molecular formula is C22H28N2O3. The zero-order valence-electron chi connectivity index (χ0n) is 16.4. The molecule has 0 spiro atoms. The van der Waals surface area contributed by atoms with Crippen LogP contribution in [0.2, 0.25) is 0 Å². The zero-order chi connectivity index (χ0) is 19.8. The molecule has 2 amide bonds. The molecule has 2 aromatic rings. The van der Waals surface area contributed by atoms with Crippen LogP contribution in [0.4, 0.5) is 0 Å². The lowest BCUT2D eigenvalue weighted by Crippen LogP contribution is -2.48. The molecule has 0 heterocycles. The van der Waals surface area contributed by atoms with E-state index in [9.17, 15) is 9.59 Å². The zero-order valence-corrected chi connectivity index (χ0v) is 16.4. The number of ether oxygens (including phenoxy) is 1. The number of rotatable bonds is 8. The van der Waals surface area contributed by atoms with Crippen LogP contribution in [0, 0.1) is 0 Å². The van der Waals surface area contributed by atoms with Gasteiger partial charge < -0.3 is 15.4 Å². The first kappa shape index (κ1) is 20.5. The summed E-state index contributed by atoms with van der Waals surface area (Å²) in [6.07, 6.45) is -0.697. The van der Waals surface area contributed by atoms with Crippen molar-refractivity contribution in [2.75, 3.05) is 0 Å². The van der Waals surface area contributed by atoms with E-state index in [4.69, 9.17) is 4.74 Å². The predicted octanol–water partition coefficient (Wildman–Crippen LogP) is 3.40. The Morgan fingerprint density at radius 2 is 1.63 bits per heavy atom. The summed E-state index contributed by atoms with van der Waals surface area (Å²) in [5.74, 6) is 0.463.